The fourth-order valence-corrected chi connectivity index (χ4v) is 4.19. The average molecular weight is 445 g/mol. The molecule has 0 spiro atoms. The number of rotatable bonds is 7. The zero-order chi connectivity index (χ0) is 22.5. The van der Waals surface area contributed by atoms with Gasteiger partial charge >= 0.3 is 5.97 Å². The molecule has 0 aliphatic heterocycles. The number of hydrogen-bond acceptors (Lipinski definition) is 5. The number of aliphatic carboxylic acids is 1. The van der Waals surface area contributed by atoms with Gasteiger partial charge in [-0.15, -0.1) is 11.3 Å². The van der Waals surface area contributed by atoms with Gasteiger partial charge < -0.3 is 15.2 Å². The summed E-state index contributed by atoms with van der Waals surface area (Å²) in [6.45, 7) is 0. The molecule has 0 bridgehead atoms. The SMILES string of the molecule is COc1ccc(C(=O)Nc2cccc(/C=C(\CC(=O)O)c3nc4ccccc4s3)c2)cc1. The van der Waals surface area contributed by atoms with Gasteiger partial charge in [0.15, 0.2) is 0 Å². The number of nitrogens with one attached hydrogen (secondary N) is 1. The first-order valence-corrected chi connectivity index (χ1v) is 10.7. The van der Waals surface area contributed by atoms with Crippen LogP contribution in [0.1, 0.15) is 27.3 Å². The molecule has 2 N–H and O–H groups in total. The number of amides is 1. The highest BCUT2D eigenvalue weighted by Crippen LogP contribution is 2.30. The van der Waals surface area contributed by atoms with Crippen LogP contribution in [-0.4, -0.2) is 29.1 Å². The van der Waals surface area contributed by atoms with Crippen molar-refractivity contribution in [3.8, 4) is 5.75 Å². The number of benzene rings is 3. The zero-order valence-corrected chi connectivity index (χ0v) is 18.1. The lowest BCUT2D eigenvalue weighted by molar-refractivity contribution is -0.135. The van der Waals surface area contributed by atoms with Crippen LogP contribution >= 0.6 is 11.3 Å². The second kappa shape index (κ2) is 9.45. The van der Waals surface area contributed by atoms with Gasteiger partial charge in [0.2, 0.25) is 0 Å². The normalized spacial score (nSPS) is 11.3. The predicted octanol–water partition coefficient (Wildman–Crippen LogP) is 5.57. The predicted molar refractivity (Wildman–Crippen MR) is 127 cm³/mol. The number of methoxy groups -OCH3 is 1. The van der Waals surface area contributed by atoms with Gasteiger partial charge in [0.05, 0.1) is 23.7 Å². The topological polar surface area (TPSA) is 88.5 Å². The lowest BCUT2D eigenvalue weighted by atomic mass is 10.1. The van der Waals surface area contributed by atoms with Crippen molar-refractivity contribution in [2.75, 3.05) is 12.4 Å². The molecule has 1 amide bonds. The Morgan fingerprint density at radius 3 is 2.56 bits per heavy atom. The van der Waals surface area contributed by atoms with Crippen LogP contribution in [0.2, 0.25) is 0 Å². The molecule has 0 saturated heterocycles. The van der Waals surface area contributed by atoms with Crippen molar-refractivity contribution >= 4 is 50.8 Å². The van der Waals surface area contributed by atoms with Crippen molar-refractivity contribution in [3.05, 3.63) is 88.9 Å². The molecule has 0 unspecified atom stereocenters. The Hall–Kier alpha value is -3.97. The van der Waals surface area contributed by atoms with Crippen molar-refractivity contribution in [2.45, 2.75) is 6.42 Å². The maximum absolute atomic E-state index is 12.6. The fraction of sp³-hybridized carbons (Fsp3) is 0.0800. The van der Waals surface area contributed by atoms with Crippen LogP contribution in [-0.2, 0) is 4.79 Å². The number of carboxylic acids is 1. The Morgan fingerprint density at radius 1 is 1.06 bits per heavy atom. The summed E-state index contributed by atoms with van der Waals surface area (Å²) >= 11 is 1.46. The average Bonchev–Trinajstić information content (AvgIpc) is 3.23. The van der Waals surface area contributed by atoms with E-state index in [2.05, 4.69) is 10.3 Å². The van der Waals surface area contributed by atoms with Crippen molar-refractivity contribution in [3.63, 3.8) is 0 Å². The van der Waals surface area contributed by atoms with Gasteiger partial charge in [-0.2, -0.15) is 0 Å². The molecule has 3 aromatic carbocycles. The largest absolute Gasteiger partial charge is 0.497 e. The molecule has 1 heterocycles. The minimum absolute atomic E-state index is 0.151. The maximum atomic E-state index is 12.6. The van der Waals surface area contributed by atoms with E-state index in [-0.39, 0.29) is 12.3 Å². The van der Waals surface area contributed by atoms with E-state index < -0.39 is 5.97 Å². The van der Waals surface area contributed by atoms with Gasteiger partial charge in [-0.05, 0) is 65.7 Å². The number of thiazole rings is 1. The second-order valence-electron chi connectivity index (χ2n) is 7.03. The van der Waals surface area contributed by atoms with Crippen molar-refractivity contribution in [1.82, 2.24) is 4.98 Å². The molecule has 6 nitrogen and oxygen atoms in total. The van der Waals surface area contributed by atoms with Crippen molar-refractivity contribution in [2.24, 2.45) is 0 Å². The van der Waals surface area contributed by atoms with Gasteiger partial charge in [0, 0.05) is 11.3 Å². The highest BCUT2D eigenvalue weighted by atomic mass is 32.1. The summed E-state index contributed by atoms with van der Waals surface area (Å²) < 4.78 is 6.12. The van der Waals surface area contributed by atoms with E-state index in [1.807, 2.05) is 36.4 Å². The van der Waals surface area contributed by atoms with Crippen LogP contribution in [0.3, 0.4) is 0 Å². The van der Waals surface area contributed by atoms with Gasteiger partial charge in [0.1, 0.15) is 10.8 Å². The Balaban J connectivity index is 1.60. The van der Waals surface area contributed by atoms with Crippen LogP contribution < -0.4 is 10.1 Å². The summed E-state index contributed by atoms with van der Waals surface area (Å²) in [6, 6.07) is 21.8. The van der Waals surface area contributed by atoms with Crippen LogP contribution in [0.5, 0.6) is 5.75 Å². The zero-order valence-electron chi connectivity index (χ0n) is 17.2. The number of anilines is 1. The van der Waals surface area contributed by atoms with E-state index in [1.165, 1.54) is 11.3 Å². The number of carbonyl (C=O) groups excluding carboxylic acids is 1. The smallest absolute Gasteiger partial charge is 0.307 e. The van der Waals surface area contributed by atoms with Crippen LogP contribution in [0, 0.1) is 0 Å². The number of carbonyl (C=O) groups is 2. The van der Waals surface area contributed by atoms with Crippen LogP contribution in [0.15, 0.2) is 72.8 Å². The summed E-state index contributed by atoms with van der Waals surface area (Å²) in [5.41, 5.74) is 3.33. The number of ether oxygens (including phenoxy) is 1. The number of aromatic nitrogens is 1. The third-order valence-corrected chi connectivity index (χ3v) is 5.86. The van der Waals surface area contributed by atoms with Crippen molar-refractivity contribution in [1.29, 1.82) is 0 Å². The Morgan fingerprint density at radius 2 is 1.84 bits per heavy atom. The van der Waals surface area contributed by atoms with E-state index in [0.29, 0.717) is 27.6 Å². The quantitative estimate of drug-likeness (QED) is 0.389. The van der Waals surface area contributed by atoms with Crippen LogP contribution in [0.25, 0.3) is 21.9 Å². The Kier molecular flexibility index (Phi) is 6.28. The van der Waals surface area contributed by atoms with E-state index in [1.54, 1.807) is 49.6 Å². The minimum atomic E-state index is -0.931. The van der Waals surface area contributed by atoms with Gasteiger partial charge in [-0.1, -0.05) is 24.3 Å². The van der Waals surface area contributed by atoms with Gasteiger partial charge in [0.25, 0.3) is 5.91 Å². The molecule has 7 heteroatoms. The molecule has 1 aromatic heterocycles. The molecule has 160 valence electrons. The fourth-order valence-electron chi connectivity index (χ4n) is 3.21. The molecule has 32 heavy (non-hydrogen) atoms. The molecule has 0 aliphatic carbocycles. The van der Waals surface area contributed by atoms with Gasteiger partial charge in [-0.25, -0.2) is 4.98 Å². The monoisotopic (exact) mass is 444 g/mol. The third kappa shape index (κ3) is 5.01. The van der Waals surface area contributed by atoms with Crippen LogP contribution in [0.4, 0.5) is 5.69 Å². The molecule has 4 aromatic rings. The summed E-state index contributed by atoms with van der Waals surface area (Å²) in [5.74, 6) is -0.500. The third-order valence-electron chi connectivity index (χ3n) is 4.75. The molecule has 0 saturated carbocycles. The number of carboxylic acid groups (broad SMARTS) is 1. The summed E-state index contributed by atoms with van der Waals surface area (Å²) in [6.07, 6.45) is 1.65. The Bertz CT molecular complexity index is 1280. The summed E-state index contributed by atoms with van der Waals surface area (Å²) in [5, 5.41) is 12.9. The lowest BCUT2D eigenvalue weighted by Gasteiger charge is -2.08. The van der Waals surface area contributed by atoms with E-state index >= 15 is 0 Å². The number of para-hydroxylation sites is 1. The Labute approximate surface area is 188 Å². The van der Waals surface area contributed by atoms with Gasteiger partial charge in [-0.3, -0.25) is 9.59 Å². The molecule has 0 radical (unpaired) electrons. The number of fused-ring (bicyclic) bond motifs is 1. The molecule has 0 aliphatic rings. The second-order valence-corrected chi connectivity index (χ2v) is 8.07. The first-order chi connectivity index (χ1) is 15.5. The van der Waals surface area contributed by atoms with E-state index in [9.17, 15) is 14.7 Å². The highest BCUT2D eigenvalue weighted by molar-refractivity contribution is 7.19. The van der Waals surface area contributed by atoms with Crippen molar-refractivity contribution < 1.29 is 19.4 Å². The maximum Gasteiger partial charge on any atom is 0.307 e. The molecule has 0 fully saturated rings. The standard InChI is InChI=1S/C25H20N2O4S/c1-31-20-11-9-17(10-12-20)24(30)26-19-6-4-5-16(14-19)13-18(15-23(28)29)25-27-21-7-2-3-8-22(21)32-25/h2-14H,15H2,1H3,(H,26,30)(H,28,29)/b18-13+. The lowest BCUT2D eigenvalue weighted by Crippen LogP contribution is -2.11. The summed E-state index contributed by atoms with van der Waals surface area (Å²) in [4.78, 5) is 28.6. The minimum Gasteiger partial charge on any atom is -0.497 e. The molecule has 0 atom stereocenters. The first kappa shape index (κ1) is 21.3. The molecule has 4 rings (SSSR count). The van der Waals surface area contributed by atoms with E-state index in [0.717, 1.165) is 15.8 Å². The molecular weight excluding hydrogens is 424 g/mol. The summed E-state index contributed by atoms with van der Waals surface area (Å²) in [7, 11) is 1.57. The number of hydrogen-bond donors (Lipinski definition) is 2. The number of nitrogens with zero attached hydrogens (tertiary/aromatic N) is 1. The highest BCUT2D eigenvalue weighted by Gasteiger charge is 2.13. The first-order valence-electron chi connectivity index (χ1n) is 9.85. The molecular formula is C25H20N2O4S. The van der Waals surface area contributed by atoms with E-state index in [4.69, 9.17) is 4.74 Å².